The summed E-state index contributed by atoms with van der Waals surface area (Å²) in [7, 11) is 4.06. The number of hydrogen-bond acceptors (Lipinski definition) is 3. The second-order valence-electron chi connectivity index (χ2n) is 5.03. The van der Waals surface area contributed by atoms with E-state index in [0.717, 1.165) is 24.2 Å². The highest BCUT2D eigenvalue weighted by molar-refractivity contribution is 5.71. The first-order valence-electron chi connectivity index (χ1n) is 6.37. The molecule has 0 aromatic heterocycles. The fourth-order valence-corrected chi connectivity index (χ4v) is 2.79. The lowest BCUT2D eigenvalue weighted by molar-refractivity contribution is 0.354. The highest BCUT2D eigenvalue weighted by atomic mass is 16.1. The molecular formula is C15H20N2O. The minimum Gasteiger partial charge on any atom is -0.309 e. The van der Waals surface area contributed by atoms with Gasteiger partial charge in [0.25, 0.3) is 0 Å². The number of likely N-dealkylation sites (N-methyl/N-ethyl adjacent to an activating group) is 1. The van der Waals surface area contributed by atoms with Crippen molar-refractivity contribution in [1.29, 1.82) is 0 Å². The predicted octanol–water partition coefficient (Wildman–Crippen LogP) is 1.44. The normalized spacial score (nSPS) is 26.2. The molecule has 2 unspecified atom stereocenters. The fraction of sp³-hybridized carbons (Fsp3) is 0.467. The number of rotatable bonds is 5. The third-order valence-corrected chi connectivity index (χ3v) is 3.56. The average Bonchev–Trinajstić information content (AvgIpc) is 2.97. The Morgan fingerprint density at radius 3 is 2.50 bits per heavy atom. The Morgan fingerprint density at radius 1 is 1.33 bits per heavy atom. The number of nitrogens with zero attached hydrogens (tertiary/aromatic N) is 1. The van der Waals surface area contributed by atoms with E-state index in [1.807, 2.05) is 32.3 Å². The highest BCUT2D eigenvalue weighted by Gasteiger charge is 2.61. The van der Waals surface area contributed by atoms with E-state index in [1.54, 1.807) is 0 Å². The molecule has 0 radical (unpaired) electrons. The van der Waals surface area contributed by atoms with E-state index >= 15 is 0 Å². The largest absolute Gasteiger partial charge is 0.309 e. The summed E-state index contributed by atoms with van der Waals surface area (Å²) in [5.41, 5.74) is 1.73. The van der Waals surface area contributed by atoms with Crippen LogP contribution in [-0.2, 0) is 10.3 Å². The van der Waals surface area contributed by atoms with Gasteiger partial charge in [-0.2, -0.15) is 0 Å². The van der Waals surface area contributed by atoms with Crippen molar-refractivity contribution in [3.63, 3.8) is 0 Å². The molecule has 18 heavy (non-hydrogen) atoms. The first kappa shape index (κ1) is 13.0. The van der Waals surface area contributed by atoms with E-state index < -0.39 is 0 Å². The molecule has 1 aromatic carbocycles. The van der Waals surface area contributed by atoms with Crippen LogP contribution >= 0.6 is 0 Å². The number of hydrogen-bond donors (Lipinski definition) is 1. The summed E-state index contributed by atoms with van der Waals surface area (Å²) in [5.74, 6) is 2.38. The van der Waals surface area contributed by atoms with Crippen molar-refractivity contribution >= 4 is 5.94 Å². The van der Waals surface area contributed by atoms with Crippen molar-refractivity contribution in [3.8, 4) is 0 Å². The summed E-state index contributed by atoms with van der Waals surface area (Å²) in [6.07, 6.45) is 0. The molecule has 3 heteroatoms. The Kier molecular flexibility index (Phi) is 3.67. The zero-order valence-corrected chi connectivity index (χ0v) is 11.2. The topological polar surface area (TPSA) is 32.3 Å². The van der Waals surface area contributed by atoms with Gasteiger partial charge in [-0.25, -0.2) is 4.79 Å². The van der Waals surface area contributed by atoms with Gasteiger partial charge in [-0.15, -0.1) is 0 Å². The molecule has 0 saturated heterocycles. The van der Waals surface area contributed by atoms with Crippen molar-refractivity contribution in [2.24, 2.45) is 5.92 Å². The SMILES string of the molecule is CCNC1(c2ccccc2)C(=C=O)C1CN(C)C. The quantitative estimate of drug-likeness (QED) is 0.796. The number of benzene rings is 1. The van der Waals surface area contributed by atoms with Crippen LogP contribution < -0.4 is 5.32 Å². The Hall–Kier alpha value is -1.41. The van der Waals surface area contributed by atoms with Gasteiger partial charge < -0.3 is 10.2 Å². The molecule has 0 heterocycles. The molecule has 96 valence electrons. The first-order chi connectivity index (χ1) is 8.66. The van der Waals surface area contributed by atoms with Crippen LogP contribution in [0.1, 0.15) is 12.5 Å². The van der Waals surface area contributed by atoms with Crippen LogP contribution in [0.2, 0.25) is 0 Å². The number of carbonyl (C=O) groups excluding carboxylic acids is 1. The van der Waals surface area contributed by atoms with Crippen LogP contribution in [0.3, 0.4) is 0 Å². The van der Waals surface area contributed by atoms with E-state index in [-0.39, 0.29) is 11.5 Å². The molecular weight excluding hydrogens is 224 g/mol. The lowest BCUT2D eigenvalue weighted by Crippen LogP contribution is -2.33. The molecule has 1 N–H and O–H groups in total. The van der Waals surface area contributed by atoms with Gasteiger partial charge in [0.1, 0.15) is 5.94 Å². The summed E-state index contributed by atoms with van der Waals surface area (Å²) in [6.45, 7) is 3.77. The molecule has 0 spiro atoms. The molecule has 2 atom stereocenters. The first-order valence-corrected chi connectivity index (χ1v) is 6.37. The Labute approximate surface area is 108 Å². The van der Waals surface area contributed by atoms with Crippen LogP contribution in [0.5, 0.6) is 0 Å². The van der Waals surface area contributed by atoms with Gasteiger partial charge >= 0.3 is 0 Å². The minimum atomic E-state index is -0.290. The molecule has 1 fully saturated rings. The second-order valence-corrected chi connectivity index (χ2v) is 5.03. The molecule has 1 aliphatic rings. The average molecular weight is 244 g/mol. The van der Waals surface area contributed by atoms with Crippen molar-refractivity contribution in [3.05, 3.63) is 41.5 Å². The van der Waals surface area contributed by atoms with Gasteiger partial charge in [-0.1, -0.05) is 37.3 Å². The molecule has 1 saturated carbocycles. The smallest absolute Gasteiger partial charge is 0.126 e. The van der Waals surface area contributed by atoms with Crippen LogP contribution in [0, 0.1) is 5.92 Å². The molecule has 1 aliphatic carbocycles. The maximum Gasteiger partial charge on any atom is 0.126 e. The van der Waals surface area contributed by atoms with Gasteiger partial charge in [0.15, 0.2) is 0 Å². The summed E-state index contributed by atoms with van der Waals surface area (Å²) in [4.78, 5) is 13.3. The standard InChI is InChI=1S/C15H20N2O/c1-4-16-15(12-8-6-5-7-9-12)13(10-17(2)3)14(15)11-18/h5-9,13,16H,4,10H2,1-3H3. The summed E-state index contributed by atoms with van der Waals surface area (Å²) in [6, 6.07) is 10.2. The molecule has 2 rings (SSSR count). The van der Waals surface area contributed by atoms with Gasteiger partial charge in [-0.3, -0.25) is 0 Å². The van der Waals surface area contributed by atoms with Crippen LogP contribution in [0.25, 0.3) is 0 Å². The fourth-order valence-electron chi connectivity index (χ4n) is 2.79. The maximum atomic E-state index is 11.2. The monoisotopic (exact) mass is 244 g/mol. The highest BCUT2D eigenvalue weighted by Crippen LogP contribution is 2.56. The lowest BCUT2D eigenvalue weighted by Gasteiger charge is -2.19. The van der Waals surface area contributed by atoms with Crippen LogP contribution in [0.4, 0.5) is 0 Å². The van der Waals surface area contributed by atoms with Crippen LogP contribution in [0.15, 0.2) is 35.9 Å². The van der Waals surface area contributed by atoms with E-state index in [9.17, 15) is 4.79 Å². The van der Waals surface area contributed by atoms with Crippen molar-refractivity contribution in [2.75, 3.05) is 27.2 Å². The molecule has 0 aliphatic heterocycles. The summed E-state index contributed by atoms with van der Waals surface area (Å²) < 4.78 is 0. The second kappa shape index (κ2) is 5.07. The lowest BCUT2D eigenvalue weighted by atomic mass is 10.0. The Bertz CT molecular complexity index is 463. The van der Waals surface area contributed by atoms with Crippen molar-refractivity contribution < 1.29 is 4.79 Å². The van der Waals surface area contributed by atoms with Gasteiger partial charge in [-0.05, 0) is 26.2 Å². The Morgan fingerprint density at radius 2 is 2.00 bits per heavy atom. The van der Waals surface area contributed by atoms with E-state index in [0.29, 0.717) is 0 Å². The summed E-state index contributed by atoms with van der Waals surface area (Å²) in [5, 5.41) is 3.48. The molecule has 3 nitrogen and oxygen atoms in total. The third-order valence-electron chi connectivity index (χ3n) is 3.56. The Balaban J connectivity index is 2.37. The van der Waals surface area contributed by atoms with Crippen molar-refractivity contribution in [1.82, 2.24) is 10.2 Å². The maximum absolute atomic E-state index is 11.2. The van der Waals surface area contributed by atoms with Gasteiger partial charge in [0, 0.05) is 18.0 Å². The zero-order valence-electron chi connectivity index (χ0n) is 11.2. The van der Waals surface area contributed by atoms with Gasteiger partial charge in [0.2, 0.25) is 0 Å². The van der Waals surface area contributed by atoms with E-state index in [1.165, 1.54) is 0 Å². The third kappa shape index (κ3) is 2.01. The summed E-state index contributed by atoms with van der Waals surface area (Å²) >= 11 is 0. The van der Waals surface area contributed by atoms with Gasteiger partial charge in [0.05, 0.1) is 5.54 Å². The predicted molar refractivity (Wildman–Crippen MR) is 73.0 cm³/mol. The van der Waals surface area contributed by atoms with E-state index in [2.05, 4.69) is 35.2 Å². The molecule has 1 aromatic rings. The zero-order chi connectivity index (χ0) is 13.2. The molecule has 0 bridgehead atoms. The minimum absolute atomic E-state index is 0.229. The molecule has 0 amide bonds. The van der Waals surface area contributed by atoms with E-state index in [4.69, 9.17) is 0 Å². The van der Waals surface area contributed by atoms with Crippen molar-refractivity contribution in [2.45, 2.75) is 12.5 Å². The van der Waals surface area contributed by atoms with Crippen LogP contribution in [-0.4, -0.2) is 38.0 Å². The number of nitrogens with one attached hydrogen (secondary N) is 1.